The molecule has 1 aromatic carbocycles. The summed E-state index contributed by atoms with van der Waals surface area (Å²) in [7, 11) is 1.65. The lowest BCUT2D eigenvalue weighted by atomic mass is 9.91. The van der Waals surface area contributed by atoms with E-state index in [4.69, 9.17) is 14.6 Å². The third-order valence-corrected chi connectivity index (χ3v) is 5.27. The summed E-state index contributed by atoms with van der Waals surface area (Å²) in [6.45, 7) is 5.67. The Morgan fingerprint density at radius 1 is 1.19 bits per heavy atom. The summed E-state index contributed by atoms with van der Waals surface area (Å²) in [6.07, 6.45) is 5.86. The predicted molar refractivity (Wildman–Crippen MR) is 99.2 cm³/mol. The highest BCUT2D eigenvalue weighted by Gasteiger charge is 2.21. The molecular weight excluding hydrogens is 330 g/mol. The van der Waals surface area contributed by atoms with E-state index >= 15 is 0 Å². The Morgan fingerprint density at radius 2 is 1.96 bits per heavy atom. The lowest BCUT2D eigenvalue weighted by Gasteiger charge is -2.26. The van der Waals surface area contributed by atoms with Gasteiger partial charge in [-0.2, -0.15) is 0 Å². The first-order valence-corrected chi connectivity index (χ1v) is 9.68. The molecule has 26 heavy (non-hydrogen) atoms. The number of rotatable bonds is 6. The number of aromatic nitrogens is 3. The van der Waals surface area contributed by atoms with E-state index in [0.29, 0.717) is 5.95 Å². The highest BCUT2D eigenvalue weighted by atomic mass is 16.7. The molecule has 1 aliphatic carbocycles. The van der Waals surface area contributed by atoms with E-state index < -0.39 is 0 Å². The van der Waals surface area contributed by atoms with Crippen molar-refractivity contribution in [3.63, 3.8) is 0 Å². The third kappa shape index (κ3) is 3.88. The largest absolute Gasteiger partial charge is 0.379 e. The molecule has 2 heterocycles. The monoisotopic (exact) mass is 358 g/mol. The zero-order valence-electron chi connectivity index (χ0n) is 15.5. The van der Waals surface area contributed by atoms with Crippen molar-refractivity contribution >= 4 is 17.0 Å². The molecule has 0 spiro atoms. The average molecular weight is 358 g/mol. The Morgan fingerprint density at radius 3 is 2.73 bits per heavy atom. The first-order chi connectivity index (χ1) is 12.8. The van der Waals surface area contributed by atoms with E-state index in [9.17, 15) is 0 Å². The van der Waals surface area contributed by atoms with Crippen LogP contribution in [0.1, 0.15) is 30.4 Å². The van der Waals surface area contributed by atoms with Crippen LogP contribution in [0.2, 0.25) is 0 Å². The van der Waals surface area contributed by atoms with Gasteiger partial charge in [0.15, 0.2) is 7.11 Å². The summed E-state index contributed by atoms with van der Waals surface area (Å²) in [6, 6.07) is 4.40. The Kier molecular flexibility index (Phi) is 5.45. The van der Waals surface area contributed by atoms with Gasteiger partial charge >= 0.3 is 5.52 Å². The number of nitrogens with zero attached hydrogens (tertiary/aromatic N) is 4. The van der Waals surface area contributed by atoms with Crippen molar-refractivity contribution in [1.82, 2.24) is 15.0 Å². The van der Waals surface area contributed by atoms with Crippen molar-refractivity contribution in [2.75, 3.05) is 51.8 Å². The minimum absolute atomic E-state index is 0.622. The standard InChI is InChI=1S/C19H28N5O2/c1-25-24-18-14-16-6-3-2-5-15(16)13-17(18)21-19(22-24)20-7-4-8-23-9-11-26-12-10-23/h13-14H,2-12H2,1H3,(H,20,21,22)/q+1. The van der Waals surface area contributed by atoms with Crippen LogP contribution >= 0.6 is 0 Å². The van der Waals surface area contributed by atoms with E-state index in [1.165, 1.54) is 24.0 Å². The van der Waals surface area contributed by atoms with E-state index in [-0.39, 0.29) is 0 Å². The van der Waals surface area contributed by atoms with Gasteiger partial charge in [-0.3, -0.25) is 4.90 Å². The Bertz CT molecular complexity index is 761. The lowest BCUT2D eigenvalue weighted by molar-refractivity contribution is -0.909. The van der Waals surface area contributed by atoms with Crippen molar-refractivity contribution in [2.45, 2.75) is 32.1 Å². The van der Waals surface area contributed by atoms with Crippen LogP contribution in [0.5, 0.6) is 0 Å². The minimum atomic E-state index is 0.622. The molecule has 0 atom stereocenters. The van der Waals surface area contributed by atoms with Gasteiger partial charge in [0.05, 0.1) is 18.3 Å². The number of morpholine rings is 1. The van der Waals surface area contributed by atoms with Crippen molar-refractivity contribution in [3.8, 4) is 0 Å². The van der Waals surface area contributed by atoms with Crippen LogP contribution in [-0.2, 0) is 17.6 Å². The first kappa shape index (κ1) is 17.4. The van der Waals surface area contributed by atoms with Gasteiger partial charge < -0.3 is 10.1 Å². The summed E-state index contributed by atoms with van der Waals surface area (Å²) in [5.74, 6) is 0.622. The fraction of sp³-hybridized carbons (Fsp3) is 0.632. The fourth-order valence-electron chi connectivity index (χ4n) is 3.82. The van der Waals surface area contributed by atoms with Crippen LogP contribution in [0.25, 0.3) is 11.0 Å². The fourth-order valence-corrected chi connectivity index (χ4v) is 3.82. The summed E-state index contributed by atoms with van der Waals surface area (Å²) in [5.41, 5.74) is 4.71. The molecule has 1 aromatic heterocycles. The maximum Gasteiger partial charge on any atom is 0.315 e. The molecule has 0 amide bonds. The Hall–Kier alpha value is -1.99. The van der Waals surface area contributed by atoms with Gasteiger partial charge in [0, 0.05) is 25.7 Å². The Labute approximate surface area is 154 Å². The lowest BCUT2D eigenvalue weighted by Crippen LogP contribution is -2.46. The molecule has 0 unspecified atom stereocenters. The van der Waals surface area contributed by atoms with Crippen molar-refractivity contribution in [2.24, 2.45) is 0 Å². The highest BCUT2D eigenvalue weighted by Crippen LogP contribution is 2.24. The predicted octanol–water partition coefficient (Wildman–Crippen LogP) is 0.989. The van der Waals surface area contributed by atoms with Gasteiger partial charge in [0.2, 0.25) is 0 Å². The van der Waals surface area contributed by atoms with Gasteiger partial charge in [-0.15, -0.1) is 0 Å². The quantitative estimate of drug-likeness (QED) is 0.614. The van der Waals surface area contributed by atoms with Gasteiger partial charge in [0.1, 0.15) is 10.4 Å². The molecule has 1 aliphatic heterocycles. The van der Waals surface area contributed by atoms with Gasteiger partial charge in [-0.05, 0) is 55.8 Å². The highest BCUT2D eigenvalue weighted by molar-refractivity contribution is 5.74. The molecule has 1 fully saturated rings. The van der Waals surface area contributed by atoms with Crippen molar-refractivity contribution in [1.29, 1.82) is 0 Å². The number of ether oxygens (including phenoxy) is 1. The number of benzene rings is 1. The van der Waals surface area contributed by atoms with Crippen LogP contribution in [-0.4, -0.2) is 61.5 Å². The first-order valence-electron chi connectivity index (χ1n) is 9.68. The normalized spacial score (nSPS) is 17.9. The van der Waals surface area contributed by atoms with Gasteiger partial charge in [-0.25, -0.2) is 9.82 Å². The number of hydrogen-bond donors (Lipinski definition) is 1. The number of anilines is 1. The van der Waals surface area contributed by atoms with E-state index in [2.05, 4.69) is 27.4 Å². The molecule has 0 saturated carbocycles. The van der Waals surface area contributed by atoms with E-state index in [1.54, 1.807) is 12.0 Å². The molecule has 7 nitrogen and oxygen atoms in total. The zero-order chi connectivity index (χ0) is 17.8. The summed E-state index contributed by atoms with van der Waals surface area (Å²) in [4.78, 5) is 14.2. The van der Waals surface area contributed by atoms with Crippen molar-refractivity contribution in [3.05, 3.63) is 23.3 Å². The van der Waals surface area contributed by atoms with Crippen LogP contribution in [0.15, 0.2) is 12.1 Å². The van der Waals surface area contributed by atoms with Crippen LogP contribution in [0.4, 0.5) is 5.95 Å². The Balaban J connectivity index is 1.45. The van der Waals surface area contributed by atoms with E-state index in [1.807, 2.05) is 0 Å². The zero-order valence-corrected chi connectivity index (χ0v) is 15.5. The van der Waals surface area contributed by atoms with Crippen LogP contribution < -0.4 is 15.0 Å². The number of aryl methyl sites for hydroxylation is 2. The molecular formula is C19H28N5O2+. The van der Waals surface area contributed by atoms with Crippen LogP contribution in [0.3, 0.4) is 0 Å². The number of hydrogen-bond acceptors (Lipinski definition) is 6. The molecule has 1 saturated heterocycles. The van der Waals surface area contributed by atoms with Gasteiger partial charge in [0.25, 0.3) is 5.95 Å². The molecule has 4 rings (SSSR count). The third-order valence-electron chi connectivity index (χ3n) is 5.27. The number of fused-ring (bicyclic) bond motifs is 2. The number of nitrogens with one attached hydrogen (secondary N) is 1. The second-order valence-corrected chi connectivity index (χ2v) is 7.04. The molecule has 2 aromatic rings. The summed E-state index contributed by atoms with van der Waals surface area (Å²) >= 11 is 0. The SMILES string of the molecule is CO[n+]1nc(NCCCN2CCOCC2)nc2cc3c(cc21)CCCC3. The average Bonchev–Trinajstić information content (AvgIpc) is 2.70. The summed E-state index contributed by atoms with van der Waals surface area (Å²) in [5, 5.41) is 7.84. The van der Waals surface area contributed by atoms with Crippen LogP contribution in [0, 0.1) is 0 Å². The minimum Gasteiger partial charge on any atom is -0.379 e. The maximum atomic E-state index is 5.46. The second-order valence-electron chi connectivity index (χ2n) is 7.04. The molecule has 1 N–H and O–H groups in total. The van der Waals surface area contributed by atoms with E-state index in [0.717, 1.165) is 69.7 Å². The molecule has 140 valence electrons. The topological polar surface area (TPSA) is 63.4 Å². The smallest absolute Gasteiger partial charge is 0.315 e. The molecule has 2 aliphatic rings. The van der Waals surface area contributed by atoms with Gasteiger partial charge in [-0.1, -0.05) is 0 Å². The molecule has 0 radical (unpaired) electrons. The molecule has 0 bridgehead atoms. The summed E-state index contributed by atoms with van der Waals surface area (Å²) < 4.78 is 5.39. The second kappa shape index (κ2) is 8.14. The molecule has 7 heteroatoms. The van der Waals surface area contributed by atoms with Crippen molar-refractivity contribution < 1.29 is 14.4 Å². The maximum absolute atomic E-state index is 5.46.